The van der Waals surface area contributed by atoms with Crippen LogP contribution < -0.4 is 5.32 Å². The fraction of sp³-hybridized carbons (Fsp3) is 0.739. The molecule has 0 bridgehead atoms. The molecule has 1 saturated heterocycles. The summed E-state index contributed by atoms with van der Waals surface area (Å²) in [5.41, 5.74) is 1.25. The van der Waals surface area contributed by atoms with Gasteiger partial charge in [-0.05, 0) is 12.0 Å². The first-order valence-electron chi connectivity index (χ1n) is 10.9. The highest BCUT2D eigenvalue weighted by molar-refractivity contribution is 5.14. The van der Waals surface area contributed by atoms with Crippen LogP contribution in [0.4, 0.5) is 0 Å². The maximum atomic E-state index is 10.5. The lowest BCUT2D eigenvalue weighted by atomic mass is 10.0. The number of aliphatic hydroxyl groups is 1. The Hall–Kier alpha value is -0.900. The Kier molecular flexibility index (Phi) is 10.9. The minimum Gasteiger partial charge on any atom is -0.389 e. The fourth-order valence-corrected chi connectivity index (χ4v) is 3.80. The summed E-state index contributed by atoms with van der Waals surface area (Å²) < 4.78 is 5.84. The van der Waals surface area contributed by atoms with Gasteiger partial charge in [-0.1, -0.05) is 101 Å². The van der Waals surface area contributed by atoms with Crippen LogP contribution in [0.1, 0.15) is 83.1 Å². The summed E-state index contributed by atoms with van der Waals surface area (Å²) in [4.78, 5) is 0. The van der Waals surface area contributed by atoms with Crippen LogP contribution in [0.25, 0.3) is 0 Å². The van der Waals surface area contributed by atoms with Gasteiger partial charge >= 0.3 is 0 Å². The van der Waals surface area contributed by atoms with E-state index in [2.05, 4.69) is 24.4 Å². The number of hydrogen-bond donors (Lipinski definition) is 2. The lowest BCUT2D eigenvalue weighted by Crippen LogP contribution is -2.40. The van der Waals surface area contributed by atoms with E-state index in [1.165, 1.54) is 69.8 Å². The van der Waals surface area contributed by atoms with E-state index in [1.54, 1.807) is 0 Å². The molecule has 3 nitrogen and oxygen atoms in total. The molecule has 148 valence electrons. The Labute approximate surface area is 160 Å². The largest absolute Gasteiger partial charge is 0.389 e. The van der Waals surface area contributed by atoms with Gasteiger partial charge in [-0.25, -0.2) is 0 Å². The summed E-state index contributed by atoms with van der Waals surface area (Å²) in [6, 6.07) is 10.4. The molecule has 26 heavy (non-hydrogen) atoms. The van der Waals surface area contributed by atoms with Gasteiger partial charge in [0.25, 0.3) is 0 Å². The van der Waals surface area contributed by atoms with Crippen molar-refractivity contribution in [2.75, 3.05) is 6.61 Å². The molecule has 1 aromatic rings. The number of nitrogens with one attached hydrogen (secondary N) is 1. The first kappa shape index (κ1) is 21.4. The molecule has 0 amide bonds. The Bertz CT molecular complexity index is 451. The van der Waals surface area contributed by atoms with Gasteiger partial charge in [-0.2, -0.15) is 0 Å². The Morgan fingerprint density at radius 3 is 2.19 bits per heavy atom. The van der Waals surface area contributed by atoms with Crippen molar-refractivity contribution < 1.29 is 9.84 Å². The van der Waals surface area contributed by atoms with Crippen LogP contribution in [0.3, 0.4) is 0 Å². The molecule has 0 radical (unpaired) electrons. The van der Waals surface area contributed by atoms with Gasteiger partial charge in [0.1, 0.15) is 0 Å². The Balaban J connectivity index is 1.47. The minimum atomic E-state index is -0.378. The third kappa shape index (κ3) is 8.20. The maximum absolute atomic E-state index is 10.5. The summed E-state index contributed by atoms with van der Waals surface area (Å²) in [6.45, 7) is 3.68. The van der Waals surface area contributed by atoms with Crippen molar-refractivity contribution in [1.29, 1.82) is 0 Å². The molecule has 1 aliphatic heterocycles. The van der Waals surface area contributed by atoms with Crippen molar-refractivity contribution in [3.8, 4) is 0 Å². The number of unbranched alkanes of at least 4 members (excludes halogenated alkanes) is 9. The molecule has 2 rings (SSSR count). The lowest BCUT2D eigenvalue weighted by molar-refractivity contribution is 0.0333. The summed E-state index contributed by atoms with van der Waals surface area (Å²) in [5, 5.41) is 13.9. The molecule has 0 saturated carbocycles. The fourth-order valence-electron chi connectivity index (χ4n) is 3.80. The number of aliphatic hydroxyl groups excluding tert-OH is 1. The van der Waals surface area contributed by atoms with Gasteiger partial charge in [-0.15, -0.1) is 0 Å². The van der Waals surface area contributed by atoms with Gasteiger partial charge in [0, 0.05) is 6.54 Å². The van der Waals surface area contributed by atoms with Crippen molar-refractivity contribution in [2.45, 2.75) is 102 Å². The molecule has 3 atom stereocenters. The van der Waals surface area contributed by atoms with Gasteiger partial charge in [0.15, 0.2) is 0 Å². The molecule has 0 aromatic heterocycles. The van der Waals surface area contributed by atoms with Crippen LogP contribution in [0.15, 0.2) is 30.3 Å². The first-order chi connectivity index (χ1) is 12.8. The zero-order chi connectivity index (χ0) is 18.5. The highest BCUT2D eigenvalue weighted by Gasteiger charge is 2.34. The average molecular weight is 362 g/mol. The monoisotopic (exact) mass is 361 g/mol. The van der Waals surface area contributed by atoms with E-state index in [0.717, 1.165) is 13.0 Å². The predicted octanol–water partition coefficient (Wildman–Crippen LogP) is 5.22. The first-order valence-corrected chi connectivity index (χ1v) is 10.9. The molecule has 0 aliphatic carbocycles. The van der Waals surface area contributed by atoms with Crippen molar-refractivity contribution in [3.05, 3.63) is 35.9 Å². The molecule has 1 aliphatic rings. The molecular formula is C23H39NO2. The normalized spacial score (nSPS) is 22.8. The third-order valence-corrected chi connectivity index (χ3v) is 5.54. The van der Waals surface area contributed by atoms with Crippen LogP contribution in [0.2, 0.25) is 0 Å². The summed E-state index contributed by atoms with van der Waals surface area (Å²) in [5.74, 6) is 0. The van der Waals surface area contributed by atoms with E-state index in [-0.39, 0.29) is 18.2 Å². The second kappa shape index (κ2) is 13.3. The van der Waals surface area contributed by atoms with Crippen LogP contribution in [0.5, 0.6) is 0 Å². The third-order valence-electron chi connectivity index (χ3n) is 5.54. The van der Waals surface area contributed by atoms with Crippen LogP contribution >= 0.6 is 0 Å². The Morgan fingerprint density at radius 1 is 0.923 bits per heavy atom. The van der Waals surface area contributed by atoms with E-state index in [4.69, 9.17) is 4.74 Å². The predicted molar refractivity (Wildman–Crippen MR) is 109 cm³/mol. The van der Waals surface area contributed by atoms with Crippen molar-refractivity contribution in [1.82, 2.24) is 5.32 Å². The molecule has 0 unspecified atom stereocenters. The molecule has 2 N–H and O–H groups in total. The van der Waals surface area contributed by atoms with E-state index >= 15 is 0 Å². The number of ether oxygens (including phenoxy) is 1. The highest BCUT2D eigenvalue weighted by atomic mass is 16.5. The molecular weight excluding hydrogens is 322 g/mol. The molecule has 1 heterocycles. The van der Waals surface area contributed by atoms with Crippen LogP contribution in [-0.2, 0) is 11.3 Å². The highest BCUT2D eigenvalue weighted by Crippen LogP contribution is 2.21. The van der Waals surface area contributed by atoms with Crippen LogP contribution in [-0.4, -0.2) is 30.0 Å². The van der Waals surface area contributed by atoms with E-state index < -0.39 is 0 Å². The Morgan fingerprint density at radius 2 is 1.54 bits per heavy atom. The average Bonchev–Trinajstić information content (AvgIpc) is 3.02. The van der Waals surface area contributed by atoms with Gasteiger partial charge in [0.2, 0.25) is 0 Å². The van der Waals surface area contributed by atoms with E-state index in [1.807, 2.05) is 18.2 Å². The molecule has 1 aromatic carbocycles. The molecule has 3 heteroatoms. The smallest absolute Gasteiger partial charge is 0.0976 e. The zero-order valence-corrected chi connectivity index (χ0v) is 16.7. The second-order valence-corrected chi connectivity index (χ2v) is 7.81. The number of rotatable bonds is 14. The quantitative estimate of drug-likeness (QED) is 0.447. The van der Waals surface area contributed by atoms with Crippen molar-refractivity contribution in [3.63, 3.8) is 0 Å². The number of benzene rings is 1. The molecule has 0 spiro atoms. The zero-order valence-electron chi connectivity index (χ0n) is 16.7. The standard InChI is InChI=1S/C23H39NO2/c1-2-3-4-5-6-7-8-9-10-14-17-22-23(25)21(19-26-22)24-18-20-15-12-11-13-16-20/h11-13,15-16,21-25H,2-10,14,17-19H2,1H3/t21-,22+,23-/m0/s1. The maximum Gasteiger partial charge on any atom is 0.0976 e. The molecule has 1 fully saturated rings. The SMILES string of the molecule is CCCCCCCCCCCC[C@H]1OC[C@H](NCc2ccccc2)[C@@H]1O. The van der Waals surface area contributed by atoms with E-state index in [9.17, 15) is 5.11 Å². The van der Waals surface area contributed by atoms with Gasteiger partial charge in [0.05, 0.1) is 24.9 Å². The number of hydrogen-bond acceptors (Lipinski definition) is 3. The van der Waals surface area contributed by atoms with Gasteiger partial charge < -0.3 is 15.2 Å². The van der Waals surface area contributed by atoms with Gasteiger partial charge in [-0.3, -0.25) is 0 Å². The van der Waals surface area contributed by atoms with E-state index in [0.29, 0.717) is 6.61 Å². The lowest BCUT2D eigenvalue weighted by Gasteiger charge is -2.18. The summed E-state index contributed by atoms with van der Waals surface area (Å²) in [6.07, 6.45) is 14.1. The summed E-state index contributed by atoms with van der Waals surface area (Å²) >= 11 is 0. The minimum absolute atomic E-state index is 0.0114. The van der Waals surface area contributed by atoms with Crippen LogP contribution in [0, 0.1) is 0 Å². The van der Waals surface area contributed by atoms with Crippen molar-refractivity contribution >= 4 is 0 Å². The topological polar surface area (TPSA) is 41.5 Å². The second-order valence-electron chi connectivity index (χ2n) is 7.81. The summed E-state index contributed by atoms with van der Waals surface area (Å²) in [7, 11) is 0. The van der Waals surface area contributed by atoms with Crippen molar-refractivity contribution in [2.24, 2.45) is 0 Å².